The van der Waals surface area contributed by atoms with Crippen LogP contribution in [0.5, 0.6) is 17.2 Å². The molecule has 11 heteroatoms. The standard InChI is InChI=1S/C26H28ClN3O6S/c1-18-9-12-21(13-10-18)37(32,33)30(16-20-7-5-6-8-22(20)27)17-24(31)29-28-15-19-11-14-23(34-2)26(36-4)25(19)35-3/h5-15H,16-17H2,1-4H3,(H,29,31)/b28-15-. The summed E-state index contributed by atoms with van der Waals surface area (Å²) >= 11 is 6.27. The highest BCUT2D eigenvalue weighted by atomic mass is 35.5. The van der Waals surface area contributed by atoms with Crippen LogP contribution in [0.2, 0.25) is 5.02 Å². The summed E-state index contributed by atoms with van der Waals surface area (Å²) in [5.74, 6) is 0.563. The highest BCUT2D eigenvalue weighted by Crippen LogP contribution is 2.39. The maximum atomic E-state index is 13.4. The first-order chi connectivity index (χ1) is 17.7. The molecule has 0 aliphatic rings. The Labute approximate surface area is 221 Å². The van der Waals surface area contributed by atoms with Crippen molar-refractivity contribution in [1.29, 1.82) is 0 Å². The average Bonchev–Trinajstić information content (AvgIpc) is 2.89. The fourth-order valence-electron chi connectivity index (χ4n) is 3.50. The van der Waals surface area contributed by atoms with Crippen LogP contribution in [0.3, 0.4) is 0 Å². The lowest BCUT2D eigenvalue weighted by molar-refractivity contribution is -0.121. The highest BCUT2D eigenvalue weighted by molar-refractivity contribution is 7.89. The van der Waals surface area contributed by atoms with Gasteiger partial charge >= 0.3 is 0 Å². The number of nitrogens with one attached hydrogen (secondary N) is 1. The number of amides is 1. The van der Waals surface area contributed by atoms with Crippen molar-refractivity contribution in [2.45, 2.75) is 18.4 Å². The summed E-state index contributed by atoms with van der Waals surface area (Å²) in [5, 5.41) is 4.37. The van der Waals surface area contributed by atoms with Crippen LogP contribution in [0.15, 0.2) is 70.7 Å². The Kier molecular flexibility index (Phi) is 9.51. The predicted octanol–water partition coefficient (Wildman–Crippen LogP) is 4.02. The van der Waals surface area contributed by atoms with Gasteiger partial charge in [-0.1, -0.05) is 47.5 Å². The van der Waals surface area contributed by atoms with E-state index in [0.29, 0.717) is 33.4 Å². The second kappa shape index (κ2) is 12.6. The molecule has 3 aromatic rings. The van der Waals surface area contributed by atoms with Gasteiger partial charge in [0.25, 0.3) is 5.91 Å². The maximum Gasteiger partial charge on any atom is 0.255 e. The van der Waals surface area contributed by atoms with E-state index in [0.717, 1.165) is 9.87 Å². The third-order valence-electron chi connectivity index (χ3n) is 5.41. The van der Waals surface area contributed by atoms with E-state index in [2.05, 4.69) is 10.5 Å². The van der Waals surface area contributed by atoms with E-state index in [1.54, 1.807) is 48.5 Å². The molecule has 0 atom stereocenters. The molecule has 0 unspecified atom stereocenters. The number of hydrogen-bond donors (Lipinski definition) is 1. The van der Waals surface area contributed by atoms with Crippen LogP contribution < -0.4 is 19.6 Å². The predicted molar refractivity (Wildman–Crippen MR) is 142 cm³/mol. The zero-order chi connectivity index (χ0) is 27.0. The molecule has 9 nitrogen and oxygen atoms in total. The molecular weight excluding hydrogens is 518 g/mol. The summed E-state index contributed by atoms with van der Waals surface area (Å²) < 4.78 is 43.9. The zero-order valence-electron chi connectivity index (χ0n) is 20.9. The van der Waals surface area contributed by atoms with E-state index in [-0.39, 0.29) is 11.4 Å². The molecular formula is C26H28ClN3O6S. The molecule has 0 bridgehead atoms. The molecule has 1 amide bonds. The quantitative estimate of drug-likeness (QED) is 0.288. The monoisotopic (exact) mass is 545 g/mol. The van der Waals surface area contributed by atoms with E-state index in [4.69, 9.17) is 25.8 Å². The van der Waals surface area contributed by atoms with Gasteiger partial charge in [0.1, 0.15) is 0 Å². The van der Waals surface area contributed by atoms with Crippen LogP contribution in [-0.4, -0.2) is 52.7 Å². The number of benzene rings is 3. The number of halogens is 1. The summed E-state index contributed by atoms with van der Waals surface area (Å²) in [4.78, 5) is 12.9. The van der Waals surface area contributed by atoms with Crippen LogP contribution >= 0.6 is 11.6 Å². The summed E-state index contributed by atoms with van der Waals surface area (Å²) in [5.41, 5.74) is 4.36. The topological polar surface area (TPSA) is 107 Å². The fourth-order valence-corrected chi connectivity index (χ4v) is 5.07. The first kappa shape index (κ1) is 28.0. The third-order valence-corrected chi connectivity index (χ3v) is 7.59. The SMILES string of the molecule is COc1ccc(/C=N\NC(=O)CN(Cc2ccccc2Cl)S(=O)(=O)c2ccc(C)cc2)c(OC)c1OC. The Bertz CT molecular complexity index is 1380. The van der Waals surface area contributed by atoms with E-state index in [1.165, 1.54) is 39.7 Å². The largest absolute Gasteiger partial charge is 0.493 e. The number of hydrogen-bond acceptors (Lipinski definition) is 7. The van der Waals surface area contributed by atoms with Gasteiger partial charge in [0.15, 0.2) is 11.5 Å². The van der Waals surface area contributed by atoms with Crippen LogP contribution in [0, 0.1) is 6.92 Å². The molecule has 0 heterocycles. The molecule has 0 aliphatic heterocycles. The zero-order valence-corrected chi connectivity index (χ0v) is 22.5. The molecule has 0 aliphatic carbocycles. The number of methoxy groups -OCH3 is 3. The van der Waals surface area contributed by atoms with Crippen molar-refractivity contribution < 1.29 is 27.4 Å². The Hall–Kier alpha value is -3.60. The minimum Gasteiger partial charge on any atom is -0.493 e. The minimum absolute atomic E-state index is 0.0662. The number of carbonyl (C=O) groups excluding carboxylic acids is 1. The van der Waals surface area contributed by atoms with Crippen molar-refractivity contribution in [2.75, 3.05) is 27.9 Å². The lowest BCUT2D eigenvalue weighted by Gasteiger charge is -2.22. The van der Waals surface area contributed by atoms with E-state index >= 15 is 0 Å². The molecule has 0 spiro atoms. The number of sulfonamides is 1. The van der Waals surface area contributed by atoms with Crippen molar-refractivity contribution in [3.05, 3.63) is 82.4 Å². The number of rotatable bonds is 11. The summed E-state index contributed by atoms with van der Waals surface area (Å²) in [6.07, 6.45) is 1.37. The molecule has 3 rings (SSSR count). The van der Waals surface area contributed by atoms with Crippen molar-refractivity contribution in [1.82, 2.24) is 9.73 Å². The Morgan fingerprint density at radius 2 is 1.65 bits per heavy atom. The second-order valence-electron chi connectivity index (χ2n) is 7.89. The van der Waals surface area contributed by atoms with Gasteiger partial charge in [-0.25, -0.2) is 13.8 Å². The molecule has 0 fully saturated rings. The van der Waals surface area contributed by atoms with Crippen LogP contribution in [-0.2, 0) is 21.4 Å². The number of aryl methyl sites for hydroxylation is 1. The van der Waals surface area contributed by atoms with Crippen LogP contribution in [0.1, 0.15) is 16.7 Å². The van der Waals surface area contributed by atoms with Gasteiger partial charge < -0.3 is 14.2 Å². The van der Waals surface area contributed by atoms with E-state index in [9.17, 15) is 13.2 Å². The lowest BCUT2D eigenvalue weighted by Crippen LogP contribution is -2.39. The van der Waals surface area contributed by atoms with Crippen LogP contribution in [0.4, 0.5) is 0 Å². The third kappa shape index (κ3) is 6.79. The van der Waals surface area contributed by atoms with Gasteiger partial charge in [-0.05, 0) is 42.8 Å². The van der Waals surface area contributed by atoms with Crippen molar-refractivity contribution in [3.8, 4) is 17.2 Å². The number of carbonyl (C=O) groups is 1. The Morgan fingerprint density at radius 3 is 2.27 bits per heavy atom. The Morgan fingerprint density at radius 1 is 0.973 bits per heavy atom. The molecule has 196 valence electrons. The normalized spacial score (nSPS) is 11.5. The maximum absolute atomic E-state index is 13.4. The Balaban J connectivity index is 1.83. The average molecular weight is 546 g/mol. The van der Waals surface area contributed by atoms with Gasteiger partial charge in [-0.15, -0.1) is 0 Å². The molecule has 0 saturated carbocycles. The first-order valence-corrected chi connectivity index (χ1v) is 12.9. The molecule has 0 saturated heterocycles. The molecule has 37 heavy (non-hydrogen) atoms. The fraction of sp³-hybridized carbons (Fsp3) is 0.231. The van der Waals surface area contributed by atoms with Gasteiger partial charge in [-0.2, -0.15) is 9.41 Å². The van der Waals surface area contributed by atoms with Gasteiger partial charge in [0.2, 0.25) is 15.8 Å². The summed E-state index contributed by atoms with van der Waals surface area (Å²) in [7, 11) is 0.429. The molecule has 0 radical (unpaired) electrons. The lowest BCUT2D eigenvalue weighted by atomic mass is 10.2. The highest BCUT2D eigenvalue weighted by Gasteiger charge is 2.27. The molecule has 0 aromatic heterocycles. The number of nitrogens with zero attached hydrogens (tertiary/aromatic N) is 2. The minimum atomic E-state index is -4.02. The van der Waals surface area contributed by atoms with Gasteiger partial charge in [0.05, 0.1) is 39.0 Å². The van der Waals surface area contributed by atoms with Crippen molar-refractivity contribution in [3.63, 3.8) is 0 Å². The second-order valence-corrected chi connectivity index (χ2v) is 10.2. The smallest absolute Gasteiger partial charge is 0.255 e. The summed E-state index contributed by atoms with van der Waals surface area (Å²) in [6, 6.07) is 16.6. The van der Waals surface area contributed by atoms with Crippen molar-refractivity contribution in [2.24, 2.45) is 5.10 Å². The van der Waals surface area contributed by atoms with Gasteiger partial charge in [-0.3, -0.25) is 4.79 Å². The van der Waals surface area contributed by atoms with E-state index < -0.39 is 22.5 Å². The van der Waals surface area contributed by atoms with E-state index in [1.807, 2.05) is 6.92 Å². The number of ether oxygens (including phenoxy) is 3. The molecule has 3 aromatic carbocycles. The van der Waals surface area contributed by atoms with Crippen LogP contribution in [0.25, 0.3) is 0 Å². The summed E-state index contributed by atoms with van der Waals surface area (Å²) in [6.45, 7) is 1.27. The van der Waals surface area contributed by atoms with Crippen molar-refractivity contribution >= 4 is 33.7 Å². The first-order valence-electron chi connectivity index (χ1n) is 11.1. The molecule has 1 N–H and O–H groups in total. The van der Waals surface area contributed by atoms with Gasteiger partial charge in [0, 0.05) is 17.1 Å². The number of hydrazone groups is 1.